The lowest BCUT2D eigenvalue weighted by atomic mass is 10.2. The van der Waals surface area contributed by atoms with Crippen molar-refractivity contribution >= 4 is 34.8 Å². The second kappa shape index (κ2) is 9.99. The number of rotatable bonds is 8. The third-order valence-corrected chi connectivity index (χ3v) is 5.19. The Morgan fingerprint density at radius 2 is 1.71 bits per heavy atom. The van der Waals surface area contributed by atoms with Crippen molar-refractivity contribution < 1.29 is 9.47 Å². The van der Waals surface area contributed by atoms with E-state index in [1.54, 1.807) is 37.6 Å². The maximum absolute atomic E-state index is 6.44. The summed E-state index contributed by atoms with van der Waals surface area (Å²) >= 11 is 18.8. The van der Waals surface area contributed by atoms with Gasteiger partial charge in [0.15, 0.2) is 11.5 Å². The molecule has 0 radical (unpaired) electrons. The maximum Gasteiger partial charge on any atom is 0.163 e. The van der Waals surface area contributed by atoms with Gasteiger partial charge in [0.1, 0.15) is 6.61 Å². The zero-order valence-corrected chi connectivity index (χ0v) is 17.5. The average Bonchev–Trinajstić information content (AvgIpc) is 2.70. The van der Waals surface area contributed by atoms with Gasteiger partial charge in [0.05, 0.1) is 7.11 Å². The van der Waals surface area contributed by atoms with Gasteiger partial charge in [-0.1, -0.05) is 46.9 Å². The summed E-state index contributed by atoms with van der Waals surface area (Å²) in [5, 5.41) is 5.03. The van der Waals surface area contributed by atoms with E-state index >= 15 is 0 Å². The number of benzene rings is 2. The van der Waals surface area contributed by atoms with Crippen LogP contribution in [0.15, 0.2) is 54.9 Å². The van der Waals surface area contributed by atoms with Crippen LogP contribution in [0.2, 0.25) is 15.1 Å². The molecule has 0 saturated carbocycles. The van der Waals surface area contributed by atoms with Crippen LogP contribution in [0.1, 0.15) is 16.7 Å². The number of halogens is 3. The van der Waals surface area contributed by atoms with E-state index in [1.807, 2.05) is 24.4 Å². The van der Waals surface area contributed by atoms with Gasteiger partial charge in [0.2, 0.25) is 0 Å². The molecule has 1 heterocycles. The molecule has 4 nitrogen and oxygen atoms in total. The smallest absolute Gasteiger partial charge is 0.163 e. The molecule has 3 aromatic rings. The third-order valence-electron chi connectivity index (χ3n) is 4.13. The highest BCUT2D eigenvalue weighted by atomic mass is 35.5. The van der Waals surface area contributed by atoms with Crippen molar-refractivity contribution in [2.45, 2.75) is 19.7 Å². The quantitative estimate of drug-likeness (QED) is 0.475. The Hall–Kier alpha value is -1.98. The molecular weight excluding hydrogens is 419 g/mol. The molecule has 2 aromatic carbocycles. The number of hydrogen-bond acceptors (Lipinski definition) is 4. The van der Waals surface area contributed by atoms with E-state index in [0.717, 1.165) is 11.1 Å². The fourth-order valence-corrected chi connectivity index (χ4v) is 3.38. The van der Waals surface area contributed by atoms with Gasteiger partial charge in [-0.25, -0.2) is 0 Å². The largest absolute Gasteiger partial charge is 0.493 e. The van der Waals surface area contributed by atoms with Crippen LogP contribution in [-0.2, 0) is 19.7 Å². The van der Waals surface area contributed by atoms with Crippen LogP contribution in [0.25, 0.3) is 0 Å². The van der Waals surface area contributed by atoms with Crippen molar-refractivity contribution in [1.82, 2.24) is 10.3 Å². The summed E-state index contributed by atoms with van der Waals surface area (Å²) in [6.45, 7) is 1.49. The van der Waals surface area contributed by atoms with Crippen LogP contribution in [0.3, 0.4) is 0 Å². The zero-order valence-electron chi connectivity index (χ0n) is 15.2. The minimum Gasteiger partial charge on any atom is -0.493 e. The van der Waals surface area contributed by atoms with Crippen molar-refractivity contribution in [2.75, 3.05) is 7.11 Å². The molecule has 0 spiro atoms. The molecule has 28 heavy (non-hydrogen) atoms. The number of ether oxygens (including phenoxy) is 2. The first-order valence-corrected chi connectivity index (χ1v) is 9.73. The van der Waals surface area contributed by atoms with Crippen LogP contribution < -0.4 is 14.8 Å². The lowest BCUT2D eigenvalue weighted by Crippen LogP contribution is -2.13. The van der Waals surface area contributed by atoms with Crippen LogP contribution >= 0.6 is 34.8 Å². The Morgan fingerprint density at radius 1 is 0.929 bits per heavy atom. The normalized spacial score (nSPS) is 10.7. The monoisotopic (exact) mass is 436 g/mol. The molecule has 0 unspecified atom stereocenters. The Labute approximate surface area is 179 Å². The fraction of sp³-hybridized carbons (Fsp3) is 0.190. The van der Waals surface area contributed by atoms with Gasteiger partial charge in [-0.3, -0.25) is 4.98 Å². The highest BCUT2D eigenvalue weighted by Gasteiger charge is 2.13. The summed E-state index contributed by atoms with van der Waals surface area (Å²) in [6.07, 6.45) is 3.58. The first-order valence-electron chi connectivity index (χ1n) is 8.60. The molecule has 3 rings (SSSR count). The topological polar surface area (TPSA) is 43.4 Å². The van der Waals surface area contributed by atoms with Gasteiger partial charge in [-0.2, -0.15) is 0 Å². The molecule has 0 aliphatic heterocycles. The Morgan fingerprint density at radius 3 is 2.39 bits per heavy atom. The average molecular weight is 438 g/mol. The molecule has 1 N–H and O–H groups in total. The van der Waals surface area contributed by atoms with Crippen molar-refractivity contribution in [3.63, 3.8) is 0 Å². The Bertz CT molecular complexity index is 916. The summed E-state index contributed by atoms with van der Waals surface area (Å²) < 4.78 is 11.3. The number of hydrogen-bond donors (Lipinski definition) is 1. The van der Waals surface area contributed by atoms with Crippen molar-refractivity contribution in [1.29, 1.82) is 0 Å². The highest BCUT2D eigenvalue weighted by Crippen LogP contribution is 2.35. The molecule has 1 aromatic heterocycles. The summed E-state index contributed by atoms with van der Waals surface area (Å²) in [4.78, 5) is 4.10. The highest BCUT2D eigenvalue weighted by molar-refractivity contribution is 6.36. The van der Waals surface area contributed by atoms with Gasteiger partial charge >= 0.3 is 0 Å². The Balaban J connectivity index is 1.68. The minimum atomic E-state index is 0.212. The van der Waals surface area contributed by atoms with Gasteiger partial charge in [-0.05, 0) is 35.4 Å². The second-order valence-corrected chi connectivity index (χ2v) is 7.27. The molecule has 0 aliphatic carbocycles. The van der Waals surface area contributed by atoms with Crippen molar-refractivity contribution in [3.05, 3.63) is 86.6 Å². The van der Waals surface area contributed by atoms with Gasteiger partial charge in [0.25, 0.3) is 0 Å². The molecule has 0 saturated heterocycles. The zero-order chi connectivity index (χ0) is 19.9. The van der Waals surface area contributed by atoms with E-state index in [4.69, 9.17) is 44.3 Å². The van der Waals surface area contributed by atoms with E-state index < -0.39 is 0 Å². The lowest BCUT2D eigenvalue weighted by molar-refractivity contribution is 0.284. The molecule has 0 fully saturated rings. The van der Waals surface area contributed by atoms with Gasteiger partial charge in [-0.15, -0.1) is 0 Å². The summed E-state index contributed by atoms with van der Waals surface area (Å²) in [6, 6.07) is 12.9. The van der Waals surface area contributed by atoms with E-state index in [-0.39, 0.29) is 6.61 Å². The number of methoxy groups -OCH3 is 1. The molecule has 0 amide bonds. The van der Waals surface area contributed by atoms with E-state index in [1.165, 1.54) is 0 Å². The standard InChI is InChI=1S/C21H19Cl3N2O2/c1-27-20-8-15(12-26-11-14-4-3-7-25-10-14)19(24)9-21(20)28-13-16-17(22)5-2-6-18(16)23/h2-10,26H,11-13H2,1H3. The van der Waals surface area contributed by atoms with Crippen LogP contribution in [-0.4, -0.2) is 12.1 Å². The van der Waals surface area contributed by atoms with E-state index in [0.29, 0.717) is 45.2 Å². The predicted molar refractivity (Wildman–Crippen MR) is 114 cm³/mol. The number of aromatic nitrogens is 1. The first-order chi connectivity index (χ1) is 13.6. The van der Waals surface area contributed by atoms with Gasteiger partial charge < -0.3 is 14.8 Å². The third kappa shape index (κ3) is 5.30. The molecule has 0 bridgehead atoms. The molecule has 0 atom stereocenters. The molecule has 146 valence electrons. The molecule has 7 heteroatoms. The number of nitrogens with zero attached hydrogens (tertiary/aromatic N) is 1. The summed E-state index contributed by atoms with van der Waals surface area (Å²) in [5.74, 6) is 1.12. The van der Waals surface area contributed by atoms with Crippen LogP contribution in [0, 0.1) is 0 Å². The number of nitrogens with one attached hydrogen (secondary N) is 1. The van der Waals surface area contributed by atoms with Crippen molar-refractivity contribution in [2.24, 2.45) is 0 Å². The van der Waals surface area contributed by atoms with E-state index in [2.05, 4.69) is 10.3 Å². The minimum absolute atomic E-state index is 0.212. The van der Waals surface area contributed by atoms with E-state index in [9.17, 15) is 0 Å². The molecule has 0 aliphatic rings. The molecular formula is C21H19Cl3N2O2. The Kier molecular flexibility index (Phi) is 7.40. The van der Waals surface area contributed by atoms with Crippen LogP contribution in [0.4, 0.5) is 0 Å². The van der Waals surface area contributed by atoms with Gasteiger partial charge in [0, 0.05) is 52.2 Å². The fourth-order valence-electron chi connectivity index (χ4n) is 2.65. The van der Waals surface area contributed by atoms with Crippen molar-refractivity contribution in [3.8, 4) is 11.5 Å². The lowest BCUT2D eigenvalue weighted by Gasteiger charge is -2.15. The van der Waals surface area contributed by atoms with Crippen LogP contribution in [0.5, 0.6) is 11.5 Å². The predicted octanol–water partition coefficient (Wildman–Crippen LogP) is 5.92. The summed E-state index contributed by atoms with van der Waals surface area (Å²) in [7, 11) is 1.59. The SMILES string of the molecule is COc1cc(CNCc2cccnc2)c(Cl)cc1OCc1c(Cl)cccc1Cl. The first kappa shape index (κ1) is 20.7. The second-order valence-electron chi connectivity index (χ2n) is 6.05. The maximum atomic E-state index is 6.44. The number of pyridine rings is 1. The summed E-state index contributed by atoms with van der Waals surface area (Å²) in [5.41, 5.74) is 2.72.